The highest BCUT2D eigenvalue weighted by Crippen LogP contribution is 2.24. The Hall–Kier alpha value is -0.240. The van der Waals surface area contributed by atoms with Gasteiger partial charge < -0.3 is 5.32 Å². The zero-order valence-electron chi connectivity index (χ0n) is 33.2. The van der Waals surface area contributed by atoms with E-state index < -0.39 is 0 Å². The van der Waals surface area contributed by atoms with Gasteiger partial charge in [0.2, 0.25) is 0 Å². The highest BCUT2D eigenvalue weighted by atomic mass is 15.5. The monoisotopic (exact) mass is 611 g/mol. The molecule has 0 saturated carbocycles. The molecule has 1 aliphatic heterocycles. The van der Waals surface area contributed by atoms with Crippen LogP contribution in [0.15, 0.2) is 0 Å². The SMILES string of the molecule is CC(C)(C)CN1CN(CC(C)(C)C)CN(CC(C)(C)C)C1.CCN(CN(CNCC(C)(C)C)CC(C)(C)C)CC(C)(C)C. The van der Waals surface area contributed by atoms with Gasteiger partial charge in [-0.3, -0.25) is 24.5 Å². The molecular weight excluding hydrogens is 528 g/mol. The van der Waals surface area contributed by atoms with E-state index in [2.05, 4.69) is 161 Å². The predicted octanol–water partition coefficient (Wildman–Crippen LogP) is 8.17. The van der Waals surface area contributed by atoms with Crippen molar-refractivity contribution in [3.8, 4) is 0 Å². The van der Waals surface area contributed by atoms with Crippen LogP contribution >= 0.6 is 0 Å². The molecule has 1 heterocycles. The molecule has 0 unspecified atom stereocenters. The summed E-state index contributed by atoms with van der Waals surface area (Å²) in [4.78, 5) is 13.0. The quantitative estimate of drug-likeness (QED) is 0.237. The Bertz CT molecular complexity index is 678. The lowest BCUT2D eigenvalue weighted by molar-refractivity contribution is -0.0633. The lowest BCUT2D eigenvalue weighted by Crippen LogP contribution is -2.58. The fraction of sp³-hybridized carbons (Fsp3) is 1.00. The Morgan fingerprint density at radius 1 is 0.465 bits per heavy atom. The van der Waals surface area contributed by atoms with Gasteiger partial charge in [-0.15, -0.1) is 0 Å². The summed E-state index contributed by atoms with van der Waals surface area (Å²) < 4.78 is 0. The molecule has 1 fully saturated rings. The molecule has 43 heavy (non-hydrogen) atoms. The van der Waals surface area contributed by atoms with Crippen LogP contribution in [0.1, 0.15) is 132 Å². The molecule has 6 nitrogen and oxygen atoms in total. The molecule has 0 radical (unpaired) electrons. The van der Waals surface area contributed by atoms with Gasteiger partial charge in [0.25, 0.3) is 0 Å². The van der Waals surface area contributed by atoms with Crippen LogP contribution in [-0.4, -0.2) is 104 Å². The van der Waals surface area contributed by atoms with Crippen LogP contribution in [0.25, 0.3) is 0 Å². The fourth-order valence-electron chi connectivity index (χ4n) is 5.93. The van der Waals surface area contributed by atoms with E-state index >= 15 is 0 Å². The van der Waals surface area contributed by atoms with Gasteiger partial charge in [0.05, 0.1) is 26.7 Å². The Labute approximate surface area is 272 Å². The third kappa shape index (κ3) is 26.7. The summed E-state index contributed by atoms with van der Waals surface area (Å²) >= 11 is 0. The first kappa shape index (κ1) is 42.8. The second-order valence-corrected chi connectivity index (χ2v) is 21.0. The number of hydrogen-bond donors (Lipinski definition) is 1. The smallest absolute Gasteiger partial charge is 0.0530 e. The van der Waals surface area contributed by atoms with Gasteiger partial charge in [-0.2, -0.15) is 0 Å². The number of rotatable bonds is 11. The summed E-state index contributed by atoms with van der Waals surface area (Å²) in [5.74, 6) is 0. The standard InChI is InChI=1S/C19H43N3.C18H39N3/c1-11-21(13-18(5,6)7)16-22(14-19(8,9)10)15-20-12-17(2,3)4;1-16(2,3)10-19-13-20(11-17(4,5)6)15-21(14-19)12-18(7,8)9/h20H,11-16H2,1-10H3;10-15H2,1-9H3. The van der Waals surface area contributed by atoms with Crippen LogP contribution in [0.3, 0.4) is 0 Å². The normalized spacial score (nSPS) is 17.5. The molecule has 1 N–H and O–H groups in total. The highest BCUT2D eigenvalue weighted by molar-refractivity contribution is 4.80. The van der Waals surface area contributed by atoms with Crippen molar-refractivity contribution in [2.75, 3.05) is 79.2 Å². The van der Waals surface area contributed by atoms with Gasteiger partial charge in [0, 0.05) is 45.9 Å². The number of nitrogens with one attached hydrogen (secondary N) is 1. The third-order valence-electron chi connectivity index (χ3n) is 6.53. The lowest BCUT2D eigenvalue weighted by Gasteiger charge is -2.47. The highest BCUT2D eigenvalue weighted by Gasteiger charge is 2.30. The molecule has 260 valence electrons. The van der Waals surface area contributed by atoms with Gasteiger partial charge in [-0.25, -0.2) is 0 Å². The van der Waals surface area contributed by atoms with Crippen molar-refractivity contribution in [1.29, 1.82) is 0 Å². The van der Waals surface area contributed by atoms with Crippen molar-refractivity contribution < 1.29 is 0 Å². The summed E-state index contributed by atoms with van der Waals surface area (Å²) in [5, 5.41) is 3.64. The number of nitrogens with zero attached hydrogens (tertiary/aromatic N) is 5. The average Bonchev–Trinajstić information content (AvgIpc) is 2.66. The van der Waals surface area contributed by atoms with Crippen molar-refractivity contribution in [2.24, 2.45) is 32.5 Å². The topological polar surface area (TPSA) is 28.2 Å². The van der Waals surface area contributed by atoms with E-state index in [1.54, 1.807) is 0 Å². The molecule has 0 atom stereocenters. The van der Waals surface area contributed by atoms with Crippen LogP contribution in [-0.2, 0) is 0 Å². The van der Waals surface area contributed by atoms with E-state index in [1.807, 2.05) is 0 Å². The molecule has 0 bridgehead atoms. The Balaban J connectivity index is 0.000000821. The fourth-order valence-corrected chi connectivity index (χ4v) is 5.93. The van der Waals surface area contributed by atoms with Crippen LogP contribution < -0.4 is 5.32 Å². The molecule has 1 aliphatic rings. The molecule has 0 aromatic heterocycles. The zero-order chi connectivity index (χ0) is 34.1. The average molecular weight is 611 g/mol. The molecule has 0 amide bonds. The van der Waals surface area contributed by atoms with Gasteiger partial charge in [0.15, 0.2) is 0 Å². The molecule has 0 aromatic rings. The van der Waals surface area contributed by atoms with Crippen LogP contribution in [0, 0.1) is 32.5 Å². The summed E-state index contributed by atoms with van der Waals surface area (Å²) in [6, 6.07) is 0. The van der Waals surface area contributed by atoms with Crippen LogP contribution in [0.4, 0.5) is 0 Å². The van der Waals surface area contributed by atoms with E-state index in [1.165, 1.54) is 0 Å². The summed E-state index contributed by atoms with van der Waals surface area (Å²) in [6.07, 6.45) is 0. The minimum absolute atomic E-state index is 0.324. The molecule has 0 aromatic carbocycles. The van der Waals surface area contributed by atoms with Crippen molar-refractivity contribution >= 4 is 0 Å². The zero-order valence-corrected chi connectivity index (χ0v) is 33.2. The van der Waals surface area contributed by atoms with Gasteiger partial charge in [0.1, 0.15) is 0 Å². The van der Waals surface area contributed by atoms with E-state index in [-0.39, 0.29) is 0 Å². The van der Waals surface area contributed by atoms with Gasteiger partial charge in [-0.05, 0) is 39.0 Å². The Morgan fingerprint density at radius 3 is 1.05 bits per heavy atom. The molecule has 1 saturated heterocycles. The lowest BCUT2D eigenvalue weighted by atomic mass is 9.94. The van der Waals surface area contributed by atoms with Crippen LogP contribution in [0.2, 0.25) is 0 Å². The predicted molar refractivity (Wildman–Crippen MR) is 193 cm³/mol. The molecule has 6 heteroatoms. The molecule has 1 rings (SSSR count). The maximum atomic E-state index is 3.64. The van der Waals surface area contributed by atoms with Crippen molar-refractivity contribution in [3.63, 3.8) is 0 Å². The Morgan fingerprint density at radius 2 is 0.791 bits per heavy atom. The molecule has 0 spiro atoms. The summed E-state index contributed by atoms with van der Waals surface area (Å²) in [5.41, 5.74) is 2.09. The van der Waals surface area contributed by atoms with Gasteiger partial charge in [-0.1, -0.05) is 132 Å². The minimum atomic E-state index is 0.324. The van der Waals surface area contributed by atoms with E-state index in [0.717, 1.165) is 79.2 Å². The molecular formula is C37H82N6. The molecule has 0 aliphatic carbocycles. The maximum absolute atomic E-state index is 3.64. The van der Waals surface area contributed by atoms with E-state index in [9.17, 15) is 0 Å². The van der Waals surface area contributed by atoms with Gasteiger partial charge >= 0.3 is 0 Å². The summed E-state index contributed by atoms with van der Waals surface area (Å²) in [6.45, 7) is 57.3. The van der Waals surface area contributed by atoms with Crippen molar-refractivity contribution in [2.45, 2.75) is 132 Å². The van der Waals surface area contributed by atoms with E-state index in [0.29, 0.717) is 32.5 Å². The number of hydrogen-bond acceptors (Lipinski definition) is 6. The first-order valence-electron chi connectivity index (χ1n) is 17.3. The second-order valence-electron chi connectivity index (χ2n) is 21.0. The third-order valence-corrected chi connectivity index (χ3v) is 6.53. The maximum Gasteiger partial charge on any atom is 0.0530 e. The first-order valence-corrected chi connectivity index (χ1v) is 17.3. The minimum Gasteiger partial charge on any atom is -0.304 e. The second kappa shape index (κ2) is 17.1. The van der Waals surface area contributed by atoms with Crippen molar-refractivity contribution in [1.82, 2.24) is 29.8 Å². The largest absolute Gasteiger partial charge is 0.304 e. The van der Waals surface area contributed by atoms with E-state index in [4.69, 9.17) is 0 Å². The Kier molecular flexibility index (Phi) is 17.0. The van der Waals surface area contributed by atoms with Crippen molar-refractivity contribution in [3.05, 3.63) is 0 Å². The first-order chi connectivity index (χ1) is 19.0. The van der Waals surface area contributed by atoms with Crippen LogP contribution in [0.5, 0.6) is 0 Å². The summed E-state index contributed by atoms with van der Waals surface area (Å²) in [7, 11) is 0.